The van der Waals surface area contributed by atoms with Crippen molar-refractivity contribution in [3.05, 3.63) is 29.2 Å². The van der Waals surface area contributed by atoms with Crippen molar-refractivity contribution in [1.29, 1.82) is 0 Å². The number of fused-ring (bicyclic) bond motifs is 1. The van der Waals surface area contributed by atoms with Crippen LogP contribution in [0.25, 0.3) is 11.1 Å². The van der Waals surface area contributed by atoms with Gasteiger partial charge in [-0.1, -0.05) is 40.0 Å². The molecular weight excluding hydrogens is 468 g/mol. The smallest absolute Gasteiger partial charge is 0.290 e. The molecule has 3 fully saturated rings. The highest BCUT2D eigenvalue weighted by Crippen LogP contribution is 2.38. The second-order valence-corrected chi connectivity index (χ2v) is 12.6. The summed E-state index contributed by atoms with van der Waals surface area (Å²) in [5.74, 6) is 0.692. The molecule has 0 bridgehead atoms. The first-order chi connectivity index (χ1) is 17.5. The van der Waals surface area contributed by atoms with Crippen molar-refractivity contribution >= 4 is 22.9 Å². The minimum atomic E-state index is -0.535. The molecule has 1 aliphatic carbocycles. The topological polar surface area (TPSA) is 87.9 Å². The molecule has 202 valence electrons. The molecule has 2 aromatic heterocycles. The molecule has 1 saturated carbocycles. The number of amides is 2. The zero-order valence-corrected chi connectivity index (χ0v) is 23.1. The van der Waals surface area contributed by atoms with E-state index in [1.54, 1.807) is 0 Å². The van der Waals surface area contributed by atoms with Crippen molar-refractivity contribution in [2.75, 3.05) is 39.4 Å². The van der Waals surface area contributed by atoms with E-state index in [0.717, 1.165) is 16.8 Å². The highest BCUT2D eigenvalue weighted by Gasteiger charge is 2.41. The maximum absolute atomic E-state index is 13.8. The quantitative estimate of drug-likeness (QED) is 0.665. The van der Waals surface area contributed by atoms with Gasteiger partial charge in [0, 0.05) is 49.4 Å². The summed E-state index contributed by atoms with van der Waals surface area (Å²) in [7, 11) is 0. The lowest BCUT2D eigenvalue weighted by Gasteiger charge is -2.47. The summed E-state index contributed by atoms with van der Waals surface area (Å²) in [6.45, 7) is 13.7. The van der Waals surface area contributed by atoms with Crippen LogP contribution in [-0.2, 0) is 14.9 Å². The highest BCUT2D eigenvalue weighted by atomic mass is 16.5. The van der Waals surface area contributed by atoms with E-state index in [1.165, 1.54) is 32.1 Å². The second-order valence-electron chi connectivity index (χ2n) is 12.6. The number of piperazine rings is 1. The highest BCUT2D eigenvalue weighted by molar-refractivity contribution is 5.96. The molecule has 0 aromatic carbocycles. The maximum atomic E-state index is 13.8. The van der Waals surface area contributed by atoms with Gasteiger partial charge in [0.1, 0.15) is 11.6 Å². The molecule has 2 aromatic rings. The first-order valence-corrected chi connectivity index (χ1v) is 13.9. The van der Waals surface area contributed by atoms with Gasteiger partial charge in [-0.25, -0.2) is 4.98 Å². The number of carbonyl (C=O) groups is 2. The molecular formula is C29H42N4O4. The molecule has 8 heteroatoms. The van der Waals surface area contributed by atoms with E-state index in [9.17, 15) is 9.59 Å². The lowest BCUT2D eigenvalue weighted by Crippen LogP contribution is -2.64. The summed E-state index contributed by atoms with van der Waals surface area (Å²) < 4.78 is 11.8. The Balaban J connectivity index is 1.40. The molecule has 4 heterocycles. The standard InChI is InChI=1S/C29H42N4O4/c1-28(2,3)20-15-21(19-9-7-6-8-10-19)31-22-16-24(37-25(20)22)27(35)33-13-12-32(18-29(33,4)5)26(34)23-17-36-14-11-30-23/h15-16,19,23,30H,6-14,17-18H2,1-5H3/t23-/m0/s1. The van der Waals surface area contributed by atoms with E-state index in [1.807, 2.05) is 29.7 Å². The van der Waals surface area contributed by atoms with Crippen LogP contribution in [0, 0.1) is 0 Å². The largest absolute Gasteiger partial charge is 0.449 e. The number of nitrogens with one attached hydrogen (secondary N) is 1. The van der Waals surface area contributed by atoms with Crippen LogP contribution in [0.15, 0.2) is 16.5 Å². The Labute approximate surface area is 220 Å². The Bertz CT molecular complexity index is 1150. The van der Waals surface area contributed by atoms with Crippen LogP contribution < -0.4 is 5.32 Å². The fourth-order valence-corrected chi connectivity index (χ4v) is 6.11. The van der Waals surface area contributed by atoms with Crippen molar-refractivity contribution in [2.45, 2.75) is 89.6 Å². The van der Waals surface area contributed by atoms with Gasteiger partial charge >= 0.3 is 0 Å². The average molecular weight is 511 g/mol. The monoisotopic (exact) mass is 510 g/mol. The summed E-state index contributed by atoms with van der Waals surface area (Å²) in [6.07, 6.45) is 6.14. The number of morpholine rings is 1. The van der Waals surface area contributed by atoms with Crippen molar-refractivity contribution in [1.82, 2.24) is 20.1 Å². The van der Waals surface area contributed by atoms with E-state index in [2.05, 4.69) is 32.2 Å². The summed E-state index contributed by atoms with van der Waals surface area (Å²) in [5.41, 5.74) is 3.05. The van der Waals surface area contributed by atoms with Gasteiger partial charge in [-0.15, -0.1) is 0 Å². The summed E-state index contributed by atoms with van der Waals surface area (Å²) in [4.78, 5) is 35.5. The van der Waals surface area contributed by atoms with Gasteiger partial charge in [0.15, 0.2) is 11.3 Å². The predicted molar refractivity (Wildman–Crippen MR) is 143 cm³/mol. The Morgan fingerprint density at radius 1 is 1.11 bits per heavy atom. The molecule has 2 aliphatic heterocycles. The number of ether oxygens (including phenoxy) is 1. The number of nitrogens with zero attached hydrogens (tertiary/aromatic N) is 3. The third-order valence-electron chi connectivity index (χ3n) is 8.22. The molecule has 1 N–H and O–H groups in total. The van der Waals surface area contributed by atoms with E-state index < -0.39 is 5.54 Å². The molecule has 8 nitrogen and oxygen atoms in total. The Morgan fingerprint density at radius 2 is 1.86 bits per heavy atom. The second kappa shape index (κ2) is 10.0. The fourth-order valence-electron chi connectivity index (χ4n) is 6.11. The number of carbonyl (C=O) groups excluding carboxylic acids is 2. The molecule has 5 rings (SSSR count). The number of furan rings is 1. The number of rotatable bonds is 3. The van der Waals surface area contributed by atoms with Crippen LogP contribution in [0.4, 0.5) is 0 Å². The first kappa shape index (κ1) is 26.2. The van der Waals surface area contributed by atoms with E-state index in [4.69, 9.17) is 14.1 Å². The van der Waals surface area contributed by atoms with Gasteiger partial charge in [-0.3, -0.25) is 9.59 Å². The lowest BCUT2D eigenvalue weighted by atomic mass is 9.82. The van der Waals surface area contributed by atoms with E-state index >= 15 is 0 Å². The molecule has 37 heavy (non-hydrogen) atoms. The summed E-state index contributed by atoms with van der Waals surface area (Å²) in [5, 5.41) is 3.24. The third kappa shape index (κ3) is 5.28. The normalized spacial score (nSPS) is 23.4. The van der Waals surface area contributed by atoms with E-state index in [-0.39, 0.29) is 23.3 Å². The van der Waals surface area contributed by atoms with E-state index in [0.29, 0.717) is 56.7 Å². The minimum Gasteiger partial charge on any atom is -0.449 e. The molecule has 0 radical (unpaired) electrons. The number of hydrogen-bond donors (Lipinski definition) is 1. The first-order valence-electron chi connectivity index (χ1n) is 13.9. The van der Waals surface area contributed by atoms with Gasteiger partial charge in [0.2, 0.25) is 5.91 Å². The average Bonchev–Trinajstić information content (AvgIpc) is 3.31. The molecule has 3 aliphatic rings. The van der Waals surface area contributed by atoms with Crippen molar-refractivity contribution in [2.24, 2.45) is 0 Å². The molecule has 2 saturated heterocycles. The van der Waals surface area contributed by atoms with Crippen molar-refractivity contribution in [3.63, 3.8) is 0 Å². The maximum Gasteiger partial charge on any atom is 0.290 e. The predicted octanol–water partition coefficient (Wildman–Crippen LogP) is 4.22. The third-order valence-corrected chi connectivity index (χ3v) is 8.22. The van der Waals surface area contributed by atoms with Gasteiger partial charge < -0.3 is 24.3 Å². The van der Waals surface area contributed by atoms with Gasteiger partial charge in [-0.2, -0.15) is 0 Å². The molecule has 0 unspecified atom stereocenters. The Hall–Kier alpha value is -2.45. The SMILES string of the molecule is CC(C)(C)c1cc(C2CCCCC2)nc2cc(C(=O)N3CCN(C(=O)[C@@H]4COCCN4)CC3(C)C)oc12. The van der Waals surface area contributed by atoms with Crippen molar-refractivity contribution in [3.8, 4) is 0 Å². The zero-order valence-electron chi connectivity index (χ0n) is 23.1. The van der Waals surface area contributed by atoms with Crippen LogP contribution >= 0.6 is 0 Å². The van der Waals surface area contributed by atoms with Crippen LogP contribution in [0.5, 0.6) is 0 Å². The van der Waals surface area contributed by atoms with Gasteiger partial charge in [0.05, 0.1) is 18.8 Å². The van der Waals surface area contributed by atoms with Gasteiger partial charge in [-0.05, 0) is 38.2 Å². The molecule has 1 atom stereocenters. The molecule has 0 spiro atoms. The van der Waals surface area contributed by atoms with Crippen LogP contribution in [0.1, 0.15) is 94.5 Å². The van der Waals surface area contributed by atoms with Gasteiger partial charge in [0.25, 0.3) is 5.91 Å². The van der Waals surface area contributed by atoms with Crippen LogP contribution in [0.3, 0.4) is 0 Å². The number of hydrogen-bond acceptors (Lipinski definition) is 6. The van der Waals surface area contributed by atoms with Crippen molar-refractivity contribution < 1.29 is 18.7 Å². The Kier molecular flexibility index (Phi) is 7.09. The minimum absolute atomic E-state index is 0.0397. The van der Waals surface area contributed by atoms with Crippen LogP contribution in [-0.4, -0.2) is 77.6 Å². The fraction of sp³-hybridized carbons (Fsp3) is 0.690. The summed E-state index contributed by atoms with van der Waals surface area (Å²) in [6, 6.07) is 3.73. The zero-order chi connectivity index (χ0) is 26.4. The molecule has 2 amide bonds. The Morgan fingerprint density at radius 3 is 2.51 bits per heavy atom. The summed E-state index contributed by atoms with van der Waals surface area (Å²) >= 11 is 0. The van der Waals surface area contributed by atoms with Crippen LogP contribution in [0.2, 0.25) is 0 Å². The number of aromatic nitrogens is 1. The lowest BCUT2D eigenvalue weighted by molar-refractivity contribution is -0.140. The number of pyridine rings is 1.